The lowest BCUT2D eigenvalue weighted by molar-refractivity contribution is 0.0761. The molecule has 0 saturated carbocycles. The second-order valence-corrected chi connectivity index (χ2v) is 5.99. The average molecular weight is 342 g/mol. The first-order chi connectivity index (χ1) is 10.6. The summed E-state index contributed by atoms with van der Waals surface area (Å²) in [6.45, 7) is 5.31. The van der Waals surface area contributed by atoms with Crippen molar-refractivity contribution in [1.29, 1.82) is 0 Å². The van der Waals surface area contributed by atoms with Crippen molar-refractivity contribution in [2.24, 2.45) is 0 Å². The van der Waals surface area contributed by atoms with Crippen molar-refractivity contribution >= 4 is 34.4 Å². The fraction of sp³-hybridized carbons (Fsp3) is 0.500. The van der Waals surface area contributed by atoms with E-state index in [0.29, 0.717) is 24.0 Å². The van der Waals surface area contributed by atoms with Crippen LogP contribution in [0, 0.1) is 0 Å². The van der Waals surface area contributed by atoms with Crippen molar-refractivity contribution in [3.63, 3.8) is 0 Å². The van der Waals surface area contributed by atoms with E-state index in [-0.39, 0.29) is 6.10 Å². The smallest absolute Gasteiger partial charge is 0.157 e. The molecule has 0 aliphatic rings. The Bertz CT molecular complexity index is 621. The summed E-state index contributed by atoms with van der Waals surface area (Å²) in [5, 5.41) is 6.47. The van der Waals surface area contributed by atoms with Gasteiger partial charge in [0.2, 0.25) is 0 Å². The molecule has 0 aromatic carbocycles. The number of hydrogen-bond donors (Lipinski definition) is 1. The van der Waals surface area contributed by atoms with Gasteiger partial charge >= 0.3 is 0 Å². The maximum absolute atomic E-state index is 6.09. The van der Waals surface area contributed by atoms with Crippen molar-refractivity contribution in [1.82, 2.24) is 15.0 Å². The van der Waals surface area contributed by atoms with Crippen LogP contribution >= 0.6 is 22.9 Å². The number of anilines is 2. The summed E-state index contributed by atoms with van der Waals surface area (Å²) in [7, 11) is 3.75. The van der Waals surface area contributed by atoms with Crippen LogP contribution in [-0.4, -0.2) is 35.7 Å². The quantitative estimate of drug-likeness (QED) is 0.779. The van der Waals surface area contributed by atoms with Crippen molar-refractivity contribution in [3.8, 4) is 0 Å². The van der Waals surface area contributed by atoms with E-state index in [0.717, 1.165) is 16.5 Å². The molecular formula is C14H20ClN5OS. The highest BCUT2D eigenvalue weighted by atomic mass is 35.5. The number of aromatic nitrogens is 3. The van der Waals surface area contributed by atoms with E-state index in [1.54, 1.807) is 18.4 Å². The van der Waals surface area contributed by atoms with E-state index in [1.807, 2.05) is 31.2 Å². The summed E-state index contributed by atoms with van der Waals surface area (Å²) in [6.07, 6.45) is 1.48. The van der Waals surface area contributed by atoms with Crippen LogP contribution in [0.1, 0.15) is 30.7 Å². The fourth-order valence-corrected chi connectivity index (χ4v) is 3.12. The summed E-state index contributed by atoms with van der Waals surface area (Å²) in [4.78, 5) is 14.9. The zero-order chi connectivity index (χ0) is 16.1. The van der Waals surface area contributed by atoms with Gasteiger partial charge < -0.3 is 15.0 Å². The highest BCUT2D eigenvalue weighted by Gasteiger charge is 2.15. The maximum atomic E-state index is 6.09. The first-order valence-electron chi connectivity index (χ1n) is 7.02. The summed E-state index contributed by atoms with van der Waals surface area (Å²) >= 11 is 7.70. The molecule has 22 heavy (non-hydrogen) atoms. The van der Waals surface area contributed by atoms with Crippen molar-refractivity contribution < 1.29 is 4.74 Å². The van der Waals surface area contributed by atoms with Crippen LogP contribution in [0.15, 0.2) is 11.7 Å². The number of rotatable bonds is 7. The van der Waals surface area contributed by atoms with Gasteiger partial charge in [-0.3, -0.25) is 0 Å². The molecule has 0 amide bonds. The van der Waals surface area contributed by atoms with E-state index < -0.39 is 0 Å². The lowest BCUT2D eigenvalue weighted by Crippen LogP contribution is -2.20. The van der Waals surface area contributed by atoms with Gasteiger partial charge in [0.15, 0.2) is 11.0 Å². The predicted octanol–water partition coefficient (Wildman–Crippen LogP) is 3.36. The molecule has 0 aliphatic heterocycles. The standard InChI is InChI=1S/C14H20ClN5OS/c1-5-21-9(2)14-19-10(7-22-14)6-20(4)13-11(16-3)12(15)17-8-18-13/h7-9,16H,5-6H2,1-4H3. The van der Waals surface area contributed by atoms with E-state index in [2.05, 4.69) is 20.3 Å². The lowest BCUT2D eigenvalue weighted by atomic mass is 10.3. The van der Waals surface area contributed by atoms with Crippen molar-refractivity contribution in [3.05, 3.63) is 27.6 Å². The van der Waals surface area contributed by atoms with Crippen LogP contribution in [0.2, 0.25) is 5.15 Å². The fourth-order valence-electron chi connectivity index (χ4n) is 2.08. The van der Waals surface area contributed by atoms with Gasteiger partial charge in [-0.05, 0) is 13.8 Å². The Morgan fingerprint density at radius 2 is 2.23 bits per heavy atom. The van der Waals surface area contributed by atoms with Gasteiger partial charge in [0.1, 0.15) is 23.1 Å². The minimum Gasteiger partial charge on any atom is -0.383 e. The number of halogens is 1. The molecule has 120 valence electrons. The Morgan fingerprint density at radius 3 is 2.91 bits per heavy atom. The zero-order valence-electron chi connectivity index (χ0n) is 13.1. The van der Waals surface area contributed by atoms with Crippen LogP contribution in [0.5, 0.6) is 0 Å². The third-order valence-corrected chi connectivity index (χ3v) is 4.47. The van der Waals surface area contributed by atoms with Crippen molar-refractivity contribution in [2.45, 2.75) is 26.5 Å². The van der Waals surface area contributed by atoms with Gasteiger partial charge in [-0.15, -0.1) is 11.3 Å². The van der Waals surface area contributed by atoms with Gasteiger partial charge in [-0.2, -0.15) is 0 Å². The highest BCUT2D eigenvalue weighted by Crippen LogP contribution is 2.29. The lowest BCUT2D eigenvalue weighted by Gasteiger charge is -2.20. The summed E-state index contributed by atoms with van der Waals surface area (Å²) in [5.74, 6) is 0.745. The first kappa shape index (κ1) is 16.9. The average Bonchev–Trinajstić information content (AvgIpc) is 2.95. The molecule has 0 saturated heterocycles. The third kappa shape index (κ3) is 3.85. The molecule has 1 atom stereocenters. The van der Waals surface area contributed by atoms with E-state index in [9.17, 15) is 0 Å². The summed E-state index contributed by atoms with van der Waals surface area (Å²) in [5.41, 5.74) is 1.69. The van der Waals surface area contributed by atoms with Crippen LogP contribution in [0.4, 0.5) is 11.5 Å². The summed E-state index contributed by atoms with van der Waals surface area (Å²) < 4.78 is 5.57. The number of ether oxygens (including phenoxy) is 1. The van der Waals surface area contributed by atoms with Crippen molar-refractivity contribution in [2.75, 3.05) is 30.9 Å². The molecule has 8 heteroatoms. The SMILES string of the molecule is CCOC(C)c1nc(CN(C)c2ncnc(Cl)c2NC)cs1. The van der Waals surface area contributed by atoms with E-state index in [4.69, 9.17) is 16.3 Å². The van der Waals surface area contributed by atoms with Crippen LogP contribution in [0.3, 0.4) is 0 Å². The number of nitrogens with zero attached hydrogens (tertiary/aromatic N) is 4. The minimum absolute atomic E-state index is 0.0235. The van der Waals surface area contributed by atoms with Crippen LogP contribution < -0.4 is 10.2 Å². The molecule has 1 N–H and O–H groups in total. The predicted molar refractivity (Wildman–Crippen MR) is 90.9 cm³/mol. The van der Waals surface area contributed by atoms with E-state index >= 15 is 0 Å². The molecule has 0 spiro atoms. The van der Waals surface area contributed by atoms with Gasteiger partial charge in [-0.25, -0.2) is 15.0 Å². The minimum atomic E-state index is 0.0235. The first-order valence-corrected chi connectivity index (χ1v) is 8.27. The van der Waals surface area contributed by atoms with Gasteiger partial charge in [0.05, 0.1) is 12.2 Å². The molecule has 2 aromatic heterocycles. The molecule has 0 bridgehead atoms. The normalized spacial score (nSPS) is 12.2. The zero-order valence-corrected chi connectivity index (χ0v) is 14.7. The highest BCUT2D eigenvalue weighted by molar-refractivity contribution is 7.09. The molecule has 0 fully saturated rings. The van der Waals surface area contributed by atoms with Gasteiger partial charge in [-0.1, -0.05) is 11.6 Å². The molecule has 1 unspecified atom stereocenters. The van der Waals surface area contributed by atoms with Crippen LogP contribution in [-0.2, 0) is 11.3 Å². The second-order valence-electron chi connectivity index (χ2n) is 4.74. The molecule has 0 aliphatic carbocycles. The molecule has 6 nitrogen and oxygen atoms in total. The Kier molecular flexibility index (Phi) is 5.93. The Morgan fingerprint density at radius 1 is 1.45 bits per heavy atom. The molecular weight excluding hydrogens is 322 g/mol. The Hall–Kier alpha value is -1.44. The topological polar surface area (TPSA) is 63.2 Å². The van der Waals surface area contributed by atoms with E-state index in [1.165, 1.54) is 6.33 Å². The molecule has 2 heterocycles. The maximum Gasteiger partial charge on any atom is 0.157 e. The number of hydrogen-bond acceptors (Lipinski definition) is 7. The largest absolute Gasteiger partial charge is 0.383 e. The Labute approximate surface area is 139 Å². The Balaban J connectivity index is 2.12. The molecule has 2 rings (SSSR count). The second kappa shape index (κ2) is 7.71. The monoisotopic (exact) mass is 341 g/mol. The van der Waals surface area contributed by atoms with Gasteiger partial charge in [0.25, 0.3) is 0 Å². The van der Waals surface area contributed by atoms with Gasteiger partial charge in [0, 0.05) is 26.1 Å². The summed E-state index contributed by atoms with van der Waals surface area (Å²) in [6, 6.07) is 0. The molecule has 2 aromatic rings. The third-order valence-electron chi connectivity index (χ3n) is 3.13. The number of thiazole rings is 1. The molecule has 0 radical (unpaired) electrons. The number of nitrogens with one attached hydrogen (secondary N) is 1. The van der Waals surface area contributed by atoms with Crippen LogP contribution in [0.25, 0.3) is 0 Å².